The Hall–Kier alpha value is -0.480. The molecule has 0 atom stereocenters. The van der Waals surface area contributed by atoms with Gasteiger partial charge < -0.3 is 9.73 Å². The van der Waals surface area contributed by atoms with Gasteiger partial charge in [0, 0.05) is 5.75 Å². The molecule has 0 aliphatic rings. The highest BCUT2D eigenvalue weighted by molar-refractivity contribution is 7.99. The molecule has 1 heterocycles. The van der Waals surface area contributed by atoms with E-state index in [0.29, 0.717) is 0 Å². The fourth-order valence-electron chi connectivity index (χ4n) is 1.21. The molecule has 4 heteroatoms. The summed E-state index contributed by atoms with van der Waals surface area (Å²) in [5.74, 6) is 1.09. The first-order valence-electron chi connectivity index (χ1n) is 5.58. The number of nitrogens with one attached hydrogen (secondary N) is 1. The number of thioether (sulfide) groups is 1. The molecule has 3 nitrogen and oxygen atoms in total. The Morgan fingerprint density at radius 2 is 2.27 bits per heavy atom. The van der Waals surface area contributed by atoms with Crippen LogP contribution >= 0.6 is 11.8 Å². The summed E-state index contributed by atoms with van der Waals surface area (Å²) in [5.41, 5.74) is 0.960. The van der Waals surface area contributed by atoms with Crippen molar-refractivity contribution in [3.8, 4) is 0 Å². The predicted molar refractivity (Wildman–Crippen MR) is 64.4 cm³/mol. The molecule has 86 valence electrons. The number of hydrogen-bond donors (Lipinski definition) is 1. The van der Waals surface area contributed by atoms with Crippen molar-refractivity contribution in [1.29, 1.82) is 0 Å². The van der Waals surface area contributed by atoms with Gasteiger partial charge in [-0.3, -0.25) is 0 Å². The van der Waals surface area contributed by atoms with Crippen LogP contribution in [0, 0.1) is 6.92 Å². The van der Waals surface area contributed by atoms with Crippen LogP contribution in [0.1, 0.15) is 31.9 Å². The molecular formula is C11H20N2OS. The van der Waals surface area contributed by atoms with Crippen molar-refractivity contribution >= 4 is 11.8 Å². The van der Waals surface area contributed by atoms with Gasteiger partial charge in [-0.1, -0.05) is 18.7 Å². The highest BCUT2D eigenvalue weighted by atomic mass is 32.2. The maximum atomic E-state index is 5.25. The number of aromatic nitrogens is 1. The molecule has 0 bridgehead atoms. The minimum Gasteiger partial charge on any atom is -0.440 e. The average molecular weight is 228 g/mol. The Kier molecular flexibility index (Phi) is 6.52. The van der Waals surface area contributed by atoms with Gasteiger partial charge in [0.2, 0.25) is 0 Å². The van der Waals surface area contributed by atoms with E-state index in [0.717, 1.165) is 29.8 Å². The van der Waals surface area contributed by atoms with Gasteiger partial charge >= 0.3 is 0 Å². The summed E-state index contributed by atoms with van der Waals surface area (Å²) in [6.45, 7) is 6.39. The van der Waals surface area contributed by atoms with E-state index in [1.807, 2.05) is 6.92 Å². The zero-order chi connectivity index (χ0) is 10.9. The van der Waals surface area contributed by atoms with Gasteiger partial charge in [0.15, 0.2) is 0 Å². The Morgan fingerprint density at radius 1 is 1.40 bits per heavy atom. The van der Waals surface area contributed by atoms with Crippen molar-refractivity contribution in [2.24, 2.45) is 0 Å². The van der Waals surface area contributed by atoms with Crippen molar-refractivity contribution in [2.45, 2.75) is 38.3 Å². The SMILES string of the molecule is CCCNCCCCSc1nc(C)co1. The third kappa shape index (κ3) is 5.85. The van der Waals surface area contributed by atoms with Crippen molar-refractivity contribution in [3.63, 3.8) is 0 Å². The number of hydrogen-bond acceptors (Lipinski definition) is 4. The van der Waals surface area contributed by atoms with Crippen LogP contribution < -0.4 is 5.32 Å². The van der Waals surface area contributed by atoms with Gasteiger partial charge in [0.05, 0.1) is 5.69 Å². The van der Waals surface area contributed by atoms with Gasteiger partial charge in [-0.25, -0.2) is 4.98 Å². The standard InChI is InChI=1S/C11H20N2OS/c1-3-6-12-7-4-5-8-15-11-13-10(2)9-14-11/h9,12H,3-8H2,1-2H3. The number of nitrogens with zero attached hydrogens (tertiary/aromatic N) is 1. The predicted octanol–water partition coefficient (Wildman–Crippen LogP) is 2.85. The van der Waals surface area contributed by atoms with Gasteiger partial charge in [0.25, 0.3) is 5.22 Å². The van der Waals surface area contributed by atoms with Crippen molar-refractivity contribution < 1.29 is 4.42 Å². The molecule has 0 fully saturated rings. The van der Waals surface area contributed by atoms with Crippen LogP contribution in [-0.2, 0) is 0 Å². The second-order valence-electron chi connectivity index (χ2n) is 3.56. The summed E-state index contributed by atoms with van der Waals surface area (Å²) < 4.78 is 5.25. The summed E-state index contributed by atoms with van der Waals surface area (Å²) >= 11 is 1.70. The van der Waals surface area contributed by atoms with E-state index in [-0.39, 0.29) is 0 Å². The van der Waals surface area contributed by atoms with Crippen LogP contribution in [0.2, 0.25) is 0 Å². The number of unbranched alkanes of at least 4 members (excludes halogenated alkanes) is 1. The molecule has 0 unspecified atom stereocenters. The largest absolute Gasteiger partial charge is 0.440 e. The summed E-state index contributed by atoms with van der Waals surface area (Å²) in [6.07, 6.45) is 5.35. The van der Waals surface area contributed by atoms with Crippen LogP contribution in [0.25, 0.3) is 0 Å². The van der Waals surface area contributed by atoms with Crippen LogP contribution in [0.15, 0.2) is 15.9 Å². The summed E-state index contributed by atoms with van der Waals surface area (Å²) in [5, 5.41) is 4.19. The number of rotatable bonds is 8. The first-order chi connectivity index (χ1) is 7.33. The third-order valence-corrected chi connectivity index (χ3v) is 2.93. The van der Waals surface area contributed by atoms with E-state index < -0.39 is 0 Å². The Labute approximate surface area is 96.0 Å². The monoisotopic (exact) mass is 228 g/mol. The van der Waals surface area contributed by atoms with Crippen LogP contribution in [0.5, 0.6) is 0 Å². The highest BCUT2D eigenvalue weighted by Gasteiger charge is 2.00. The molecule has 0 aliphatic carbocycles. The molecule has 15 heavy (non-hydrogen) atoms. The molecule has 0 amide bonds. The smallest absolute Gasteiger partial charge is 0.255 e. The molecule has 0 aliphatic heterocycles. The third-order valence-electron chi connectivity index (χ3n) is 2.00. The van der Waals surface area contributed by atoms with E-state index in [9.17, 15) is 0 Å². The van der Waals surface area contributed by atoms with Crippen molar-refractivity contribution in [2.75, 3.05) is 18.8 Å². The van der Waals surface area contributed by atoms with E-state index in [1.165, 1.54) is 19.3 Å². The fraction of sp³-hybridized carbons (Fsp3) is 0.727. The lowest BCUT2D eigenvalue weighted by Crippen LogP contribution is -2.15. The summed E-state index contributed by atoms with van der Waals surface area (Å²) in [4.78, 5) is 4.24. The van der Waals surface area contributed by atoms with Gasteiger partial charge in [-0.2, -0.15) is 0 Å². The average Bonchev–Trinajstić information content (AvgIpc) is 2.63. The minimum absolute atomic E-state index is 0.800. The molecule has 0 saturated heterocycles. The van der Waals surface area contributed by atoms with Crippen molar-refractivity contribution in [3.05, 3.63) is 12.0 Å². The Morgan fingerprint density at radius 3 is 2.93 bits per heavy atom. The lowest BCUT2D eigenvalue weighted by Gasteiger charge is -2.01. The maximum Gasteiger partial charge on any atom is 0.255 e. The summed E-state index contributed by atoms with van der Waals surface area (Å²) in [6, 6.07) is 0. The molecule has 0 aromatic carbocycles. The Balaban J connectivity index is 1.93. The van der Waals surface area contributed by atoms with E-state index in [1.54, 1.807) is 18.0 Å². The maximum absolute atomic E-state index is 5.25. The zero-order valence-electron chi connectivity index (χ0n) is 9.58. The first kappa shape index (κ1) is 12.6. The van der Waals surface area contributed by atoms with Crippen molar-refractivity contribution in [1.82, 2.24) is 10.3 Å². The van der Waals surface area contributed by atoms with E-state index in [2.05, 4.69) is 17.2 Å². The summed E-state index contributed by atoms with van der Waals surface area (Å²) in [7, 11) is 0. The normalized spacial score (nSPS) is 10.8. The fourth-order valence-corrected chi connectivity index (χ4v) is 2.06. The lowest BCUT2D eigenvalue weighted by molar-refractivity contribution is 0.454. The zero-order valence-corrected chi connectivity index (χ0v) is 10.4. The van der Waals surface area contributed by atoms with Gasteiger partial charge in [-0.15, -0.1) is 0 Å². The number of aryl methyl sites for hydroxylation is 1. The number of oxazole rings is 1. The van der Waals surface area contributed by atoms with Gasteiger partial charge in [0.1, 0.15) is 6.26 Å². The topological polar surface area (TPSA) is 38.1 Å². The van der Waals surface area contributed by atoms with Crippen LogP contribution in [0.4, 0.5) is 0 Å². The molecular weight excluding hydrogens is 208 g/mol. The van der Waals surface area contributed by atoms with E-state index in [4.69, 9.17) is 4.42 Å². The highest BCUT2D eigenvalue weighted by Crippen LogP contribution is 2.17. The molecule has 0 spiro atoms. The molecule has 0 radical (unpaired) electrons. The molecule has 1 rings (SSSR count). The minimum atomic E-state index is 0.800. The first-order valence-corrected chi connectivity index (χ1v) is 6.57. The van der Waals surface area contributed by atoms with Crippen LogP contribution in [0.3, 0.4) is 0 Å². The van der Waals surface area contributed by atoms with Crippen LogP contribution in [-0.4, -0.2) is 23.8 Å². The second kappa shape index (κ2) is 7.77. The lowest BCUT2D eigenvalue weighted by atomic mass is 10.3. The Bertz CT molecular complexity index is 263. The second-order valence-corrected chi connectivity index (χ2v) is 4.61. The quantitative estimate of drug-likeness (QED) is 0.548. The molecule has 1 aromatic heterocycles. The van der Waals surface area contributed by atoms with E-state index >= 15 is 0 Å². The molecule has 1 N–H and O–H groups in total. The molecule has 1 aromatic rings. The van der Waals surface area contributed by atoms with Gasteiger partial charge in [-0.05, 0) is 39.3 Å². The molecule has 0 saturated carbocycles.